The van der Waals surface area contributed by atoms with Crippen molar-refractivity contribution in [3.05, 3.63) is 0 Å². The molecule has 114 valence electrons. The largest absolute Gasteiger partial charge is 0.342 e. The monoisotopic (exact) mass is 280 g/mol. The number of hydrogen-bond donors (Lipinski definition) is 1. The van der Waals surface area contributed by atoms with Crippen LogP contribution in [0.4, 0.5) is 0 Å². The van der Waals surface area contributed by atoms with Gasteiger partial charge in [-0.25, -0.2) is 0 Å². The maximum atomic E-state index is 12.9. The zero-order valence-electron chi connectivity index (χ0n) is 13.6. The number of amides is 2. The highest BCUT2D eigenvalue weighted by atomic mass is 16.2. The standard InChI is InChI=1S/C16H28N2O2/c1-9(2)12-15(20)18(16(5,6)11-7-8-11)13(10(3)4)14(19)17-12/h9-13H,7-8H2,1-6H3,(H,17,19). The van der Waals surface area contributed by atoms with E-state index in [-0.39, 0.29) is 41.3 Å². The molecule has 0 spiro atoms. The van der Waals surface area contributed by atoms with Crippen molar-refractivity contribution in [2.75, 3.05) is 0 Å². The van der Waals surface area contributed by atoms with E-state index in [2.05, 4.69) is 19.2 Å². The Morgan fingerprint density at radius 1 is 1.10 bits per heavy atom. The first-order valence-corrected chi connectivity index (χ1v) is 7.81. The van der Waals surface area contributed by atoms with Crippen LogP contribution >= 0.6 is 0 Å². The summed E-state index contributed by atoms with van der Waals surface area (Å²) in [6.07, 6.45) is 2.32. The Bertz CT molecular complexity index is 411. The SMILES string of the molecule is CC(C)C1NC(=O)C(C(C)C)N(C(C)(C)C2CC2)C1=O. The molecule has 2 unspecified atom stereocenters. The van der Waals surface area contributed by atoms with E-state index in [4.69, 9.17) is 0 Å². The number of nitrogens with zero attached hydrogens (tertiary/aromatic N) is 1. The third-order valence-electron chi connectivity index (χ3n) is 4.84. The third-order valence-corrected chi connectivity index (χ3v) is 4.84. The molecule has 2 fully saturated rings. The molecule has 1 aliphatic carbocycles. The lowest BCUT2D eigenvalue weighted by Gasteiger charge is -2.50. The Kier molecular flexibility index (Phi) is 3.87. The predicted molar refractivity (Wildman–Crippen MR) is 79.0 cm³/mol. The van der Waals surface area contributed by atoms with Crippen molar-refractivity contribution in [3.63, 3.8) is 0 Å². The molecule has 1 saturated carbocycles. The Morgan fingerprint density at radius 2 is 1.65 bits per heavy atom. The van der Waals surface area contributed by atoms with Gasteiger partial charge in [0, 0.05) is 5.54 Å². The maximum absolute atomic E-state index is 12.9. The summed E-state index contributed by atoms with van der Waals surface area (Å²) in [4.78, 5) is 27.3. The summed E-state index contributed by atoms with van der Waals surface area (Å²) in [5.74, 6) is 0.885. The lowest BCUT2D eigenvalue weighted by molar-refractivity contribution is -0.160. The maximum Gasteiger partial charge on any atom is 0.246 e. The van der Waals surface area contributed by atoms with Crippen molar-refractivity contribution in [3.8, 4) is 0 Å². The topological polar surface area (TPSA) is 49.4 Å². The fourth-order valence-electron chi connectivity index (χ4n) is 3.39. The molecule has 0 aromatic heterocycles. The van der Waals surface area contributed by atoms with Crippen molar-refractivity contribution in [1.82, 2.24) is 10.2 Å². The molecule has 0 aromatic rings. The molecule has 0 bridgehead atoms. The molecule has 4 nitrogen and oxygen atoms in total. The normalized spacial score (nSPS) is 28.3. The summed E-state index contributed by atoms with van der Waals surface area (Å²) in [5.41, 5.74) is -0.225. The molecule has 1 aliphatic heterocycles. The van der Waals surface area contributed by atoms with Gasteiger partial charge in [-0.3, -0.25) is 9.59 Å². The fourth-order valence-corrected chi connectivity index (χ4v) is 3.39. The molecule has 2 atom stereocenters. The third kappa shape index (κ3) is 2.45. The highest BCUT2D eigenvalue weighted by Gasteiger charge is 2.53. The Morgan fingerprint density at radius 3 is 2.05 bits per heavy atom. The van der Waals surface area contributed by atoms with E-state index < -0.39 is 0 Å². The molecule has 0 radical (unpaired) electrons. The molecule has 4 heteroatoms. The number of hydrogen-bond acceptors (Lipinski definition) is 2. The second-order valence-electron chi connectivity index (χ2n) is 7.56. The van der Waals surface area contributed by atoms with Crippen molar-refractivity contribution < 1.29 is 9.59 Å². The van der Waals surface area contributed by atoms with Crippen molar-refractivity contribution in [1.29, 1.82) is 0 Å². The summed E-state index contributed by atoms with van der Waals surface area (Å²) < 4.78 is 0. The molecule has 2 aliphatic rings. The summed E-state index contributed by atoms with van der Waals surface area (Å²) in [6, 6.07) is -0.719. The summed E-state index contributed by atoms with van der Waals surface area (Å²) in [7, 11) is 0. The van der Waals surface area contributed by atoms with E-state index >= 15 is 0 Å². The molecule has 0 aromatic carbocycles. The average Bonchev–Trinajstić information content (AvgIpc) is 3.14. The van der Waals surface area contributed by atoms with Gasteiger partial charge >= 0.3 is 0 Å². The second kappa shape index (κ2) is 5.05. The molecule has 1 heterocycles. The van der Waals surface area contributed by atoms with Gasteiger partial charge in [0.05, 0.1) is 0 Å². The minimum absolute atomic E-state index is 0.00650. The molecule has 2 amide bonds. The van der Waals surface area contributed by atoms with Gasteiger partial charge < -0.3 is 10.2 Å². The van der Waals surface area contributed by atoms with E-state index in [0.29, 0.717) is 5.92 Å². The highest BCUT2D eigenvalue weighted by Crippen LogP contribution is 2.45. The average molecular weight is 280 g/mol. The first-order chi connectivity index (χ1) is 9.17. The van der Waals surface area contributed by atoms with E-state index in [0.717, 1.165) is 12.8 Å². The van der Waals surface area contributed by atoms with Crippen LogP contribution in [0, 0.1) is 17.8 Å². The zero-order chi connectivity index (χ0) is 15.2. The summed E-state index contributed by atoms with van der Waals surface area (Å²) in [5, 5.41) is 2.93. The van der Waals surface area contributed by atoms with Crippen LogP contribution in [0.2, 0.25) is 0 Å². The van der Waals surface area contributed by atoms with Gasteiger partial charge in [-0.1, -0.05) is 27.7 Å². The van der Waals surface area contributed by atoms with Gasteiger partial charge in [0.15, 0.2) is 0 Å². The number of piperazine rings is 1. The second-order valence-corrected chi connectivity index (χ2v) is 7.56. The molecule has 2 rings (SSSR count). The smallest absolute Gasteiger partial charge is 0.246 e. The number of carbonyl (C=O) groups is 2. The first kappa shape index (κ1) is 15.3. The van der Waals surface area contributed by atoms with Crippen LogP contribution in [0.5, 0.6) is 0 Å². The minimum Gasteiger partial charge on any atom is -0.342 e. The minimum atomic E-state index is -0.379. The van der Waals surface area contributed by atoms with Gasteiger partial charge in [0.1, 0.15) is 12.1 Å². The number of nitrogens with one attached hydrogen (secondary N) is 1. The van der Waals surface area contributed by atoms with Gasteiger partial charge in [-0.05, 0) is 44.4 Å². The molecular formula is C16H28N2O2. The van der Waals surface area contributed by atoms with Crippen molar-refractivity contribution in [2.24, 2.45) is 17.8 Å². The Labute approximate surface area is 122 Å². The van der Waals surface area contributed by atoms with Crippen LogP contribution in [0.3, 0.4) is 0 Å². The van der Waals surface area contributed by atoms with Gasteiger partial charge in [0.25, 0.3) is 0 Å². The quantitative estimate of drug-likeness (QED) is 0.858. The van der Waals surface area contributed by atoms with Crippen LogP contribution in [0.25, 0.3) is 0 Å². The highest BCUT2D eigenvalue weighted by molar-refractivity contribution is 5.97. The molecular weight excluding hydrogens is 252 g/mol. The van der Waals surface area contributed by atoms with Crippen LogP contribution in [0.15, 0.2) is 0 Å². The van der Waals surface area contributed by atoms with Crippen LogP contribution in [0.1, 0.15) is 54.4 Å². The fraction of sp³-hybridized carbons (Fsp3) is 0.875. The van der Waals surface area contributed by atoms with Crippen molar-refractivity contribution in [2.45, 2.75) is 72.0 Å². The van der Waals surface area contributed by atoms with Crippen LogP contribution < -0.4 is 5.32 Å². The van der Waals surface area contributed by atoms with E-state index in [1.54, 1.807) is 0 Å². The number of carbonyl (C=O) groups excluding carboxylic acids is 2. The van der Waals surface area contributed by atoms with Crippen LogP contribution in [-0.4, -0.2) is 34.3 Å². The predicted octanol–water partition coefficient (Wildman–Crippen LogP) is 2.18. The lowest BCUT2D eigenvalue weighted by Crippen LogP contribution is -2.71. The molecule has 1 N–H and O–H groups in total. The Hall–Kier alpha value is -1.06. The Balaban J connectivity index is 2.38. The number of rotatable bonds is 4. The van der Waals surface area contributed by atoms with Gasteiger partial charge in [0.2, 0.25) is 11.8 Å². The molecule has 1 saturated heterocycles. The van der Waals surface area contributed by atoms with Gasteiger partial charge in [-0.15, -0.1) is 0 Å². The first-order valence-electron chi connectivity index (χ1n) is 7.81. The lowest BCUT2D eigenvalue weighted by atomic mass is 9.85. The molecule has 20 heavy (non-hydrogen) atoms. The summed E-state index contributed by atoms with van der Waals surface area (Å²) >= 11 is 0. The zero-order valence-corrected chi connectivity index (χ0v) is 13.6. The van der Waals surface area contributed by atoms with E-state index in [1.165, 1.54) is 0 Å². The van der Waals surface area contributed by atoms with E-state index in [9.17, 15) is 9.59 Å². The van der Waals surface area contributed by atoms with Crippen LogP contribution in [-0.2, 0) is 9.59 Å². The van der Waals surface area contributed by atoms with Crippen molar-refractivity contribution >= 4 is 11.8 Å². The van der Waals surface area contributed by atoms with E-state index in [1.807, 2.05) is 32.6 Å². The van der Waals surface area contributed by atoms with Gasteiger partial charge in [-0.2, -0.15) is 0 Å². The summed E-state index contributed by atoms with van der Waals surface area (Å²) in [6.45, 7) is 12.2.